The van der Waals surface area contributed by atoms with Gasteiger partial charge >= 0.3 is 0 Å². The van der Waals surface area contributed by atoms with Gasteiger partial charge < -0.3 is 10.2 Å². The molecule has 1 heterocycles. The van der Waals surface area contributed by atoms with Gasteiger partial charge in [0.25, 0.3) is 0 Å². The average Bonchev–Trinajstić information content (AvgIpc) is 2.59. The number of hydrogen-bond acceptors (Lipinski definition) is 5. The number of aryl methyl sites for hydroxylation is 1. The molecule has 0 radical (unpaired) electrons. The molecule has 0 atom stereocenters. The minimum atomic E-state index is 0.542. The molecule has 0 bridgehead atoms. The van der Waals surface area contributed by atoms with Crippen LogP contribution in [-0.4, -0.2) is 35.0 Å². The topological polar surface area (TPSA) is 41.0 Å². The van der Waals surface area contributed by atoms with Crippen LogP contribution in [0.2, 0.25) is 0 Å². The van der Waals surface area contributed by atoms with Crippen LogP contribution in [0, 0.1) is 6.92 Å². The molecule has 1 rings (SSSR count). The Morgan fingerprint density at radius 3 is 2.67 bits per heavy atom. The van der Waals surface area contributed by atoms with Crippen LogP contribution in [0.3, 0.4) is 0 Å². The maximum Gasteiger partial charge on any atom is 0.205 e. The lowest BCUT2D eigenvalue weighted by atomic mass is 10.4. The summed E-state index contributed by atoms with van der Waals surface area (Å²) >= 11 is 1.48. The molecule has 4 nitrogen and oxygen atoms in total. The molecule has 1 N–H and O–H groups in total. The van der Waals surface area contributed by atoms with Crippen molar-refractivity contribution in [1.29, 1.82) is 0 Å². The van der Waals surface area contributed by atoms with Gasteiger partial charge in [-0.25, -0.2) is 4.98 Å². The predicted molar refractivity (Wildman–Crippen MR) is 65.7 cm³/mol. The first-order valence-electron chi connectivity index (χ1n) is 5.42. The highest BCUT2D eigenvalue weighted by molar-refractivity contribution is 7.09. The summed E-state index contributed by atoms with van der Waals surface area (Å²) in [6, 6.07) is 0.542. The molecule has 0 amide bonds. The normalized spacial score (nSPS) is 11.0. The number of nitrogens with one attached hydrogen (secondary N) is 1. The molecule has 0 unspecified atom stereocenters. The fraction of sp³-hybridized carbons (Fsp3) is 0.800. The second kappa shape index (κ2) is 6.02. The average molecular weight is 228 g/mol. The third-order valence-corrected chi connectivity index (χ3v) is 2.97. The number of anilines is 1. The van der Waals surface area contributed by atoms with E-state index in [9.17, 15) is 0 Å². The van der Waals surface area contributed by atoms with Gasteiger partial charge in [-0.1, -0.05) is 13.8 Å². The summed E-state index contributed by atoms with van der Waals surface area (Å²) in [5, 5.41) is 4.43. The Morgan fingerprint density at radius 1 is 1.47 bits per heavy atom. The minimum absolute atomic E-state index is 0.542. The molecule has 0 aromatic carbocycles. The van der Waals surface area contributed by atoms with Gasteiger partial charge in [-0.15, -0.1) is 0 Å². The summed E-state index contributed by atoms with van der Waals surface area (Å²) in [5.41, 5.74) is 0. The number of nitrogens with zero attached hydrogens (tertiary/aromatic N) is 3. The quantitative estimate of drug-likeness (QED) is 0.804. The lowest BCUT2D eigenvalue weighted by molar-refractivity contribution is 0.583. The molecule has 0 saturated carbocycles. The van der Waals surface area contributed by atoms with Crippen LogP contribution >= 0.6 is 11.5 Å². The van der Waals surface area contributed by atoms with Gasteiger partial charge in [0, 0.05) is 37.2 Å². The summed E-state index contributed by atoms with van der Waals surface area (Å²) in [6.07, 6.45) is 0. The molecule has 5 heteroatoms. The lowest BCUT2D eigenvalue weighted by Crippen LogP contribution is -2.34. The SMILES string of the molecule is CCN(CCNC(C)C)c1nc(C)ns1. The van der Waals surface area contributed by atoms with Gasteiger partial charge in [0.1, 0.15) is 5.82 Å². The fourth-order valence-electron chi connectivity index (χ4n) is 1.29. The Bertz CT molecular complexity index is 285. The molecule has 0 saturated heterocycles. The smallest absolute Gasteiger partial charge is 0.205 e. The Hall–Kier alpha value is -0.680. The van der Waals surface area contributed by atoms with Crippen molar-refractivity contribution in [3.8, 4) is 0 Å². The van der Waals surface area contributed by atoms with E-state index < -0.39 is 0 Å². The van der Waals surface area contributed by atoms with E-state index in [0.29, 0.717) is 6.04 Å². The molecule has 1 aromatic heterocycles. The molecule has 0 fully saturated rings. The predicted octanol–water partition coefficient (Wildman–Crippen LogP) is 1.67. The van der Waals surface area contributed by atoms with Gasteiger partial charge in [0.2, 0.25) is 5.13 Å². The van der Waals surface area contributed by atoms with Crippen molar-refractivity contribution in [2.45, 2.75) is 33.7 Å². The first kappa shape index (κ1) is 12.4. The number of hydrogen-bond donors (Lipinski definition) is 1. The van der Waals surface area contributed by atoms with Crippen LogP contribution in [0.4, 0.5) is 5.13 Å². The van der Waals surface area contributed by atoms with Gasteiger partial charge in [0.15, 0.2) is 0 Å². The van der Waals surface area contributed by atoms with Gasteiger partial charge in [0.05, 0.1) is 0 Å². The molecule has 86 valence electrons. The van der Waals surface area contributed by atoms with Crippen LogP contribution < -0.4 is 10.2 Å². The van der Waals surface area contributed by atoms with E-state index in [1.165, 1.54) is 11.5 Å². The largest absolute Gasteiger partial charge is 0.346 e. The fourth-order valence-corrected chi connectivity index (χ4v) is 2.06. The summed E-state index contributed by atoms with van der Waals surface area (Å²) in [4.78, 5) is 6.64. The van der Waals surface area contributed by atoms with Crippen molar-refractivity contribution >= 4 is 16.7 Å². The molecular formula is C10H20N4S. The molecule has 15 heavy (non-hydrogen) atoms. The standard InChI is InChI=1S/C10H20N4S/c1-5-14(7-6-11-8(2)3)10-12-9(4)13-15-10/h8,11H,5-7H2,1-4H3. The zero-order valence-electron chi connectivity index (χ0n) is 9.95. The van der Waals surface area contributed by atoms with Crippen LogP contribution in [0.15, 0.2) is 0 Å². The number of likely N-dealkylation sites (N-methyl/N-ethyl adjacent to an activating group) is 1. The molecule has 0 aliphatic rings. The van der Waals surface area contributed by atoms with E-state index in [1.807, 2.05) is 6.92 Å². The van der Waals surface area contributed by atoms with Gasteiger partial charge in [-0.3, -0.25) is 0 Å². The van der Waals surface area contributed by atoms with Gasteiger partial charge in [-0.2, -0.15) is 4.37 Å². The van der Waals surface area contributed by atoms with Crippen molar-refractivity contribution in [3.05, 3.63) is 5.82 Å². The number of rotatable bonds is 6. The first-order chi connectivity index (χ1) is 7.13. The van der Waals surface area contributed by atoms with Crippen molar-refractivity contribution in [3.63, 3.8) is 0 Å². The van der Waals surface area contributed by atoms with E-state index in [4.69, 9.17) is 0 Å². The highest BCUT2D eigenvalue weighted by Gasteiger charge is 2.08. The highest BCUT2D eigenvalue weighted by Crippen LogP contribution is 2.15. The van der Waals surface area contributed by atoms with E-state index in [-0.39, 0.29) is 0 Å². The maximum atomic E-state index is 4.39. The highest BCUT2D eigenvalue weighted by atomic mass is 32.1. The molecule has 0 spiro atoms. The van der Waals surface area contributed by atoms with Crippen LogP contribution in [0.5, 0.6) is 0 Å². The van der Waals surface area contributed by atoms with Crippen molar-refractivity contribution in [2.75, 3.05) is 24.5 Å². The Labute approximate surface area is 95.9 Å². The van der Waals surface area contributed by atoms with Crippen LogP contribution in [-0.2, 0) is 0 Å². The Balaban J connectivity index is 2.42. The second-order valence-electron chi connectivity index (χ2n) is 3.81. The van der Waals surface area contributed by atoms with E-state index in [1.54, 1.807) is 0 Å². The van der Waals surface area contributed by atoms with Crippen LogP contribution in [0.25, 0.3) is 0 Å². The lowest BCUT2D eigenvalue weighted by Gasteiger charge is -2.20. The zero-order valence-corrected chi connectivity index (χ0v) is 10.8. The van der Waals surface area contributed by atoms with Crippen molar-refractivity contribution in [2.24, 2.45) is 0 Å². The second-order valence-corrected chi connectivity index (χ2v) is 4.54. The minimum Gasteiger partial charge on any atom is -0.346 e. The van der Waals surface area contributed by atoms with Crippen LogP contribution in [0.1, 0.15) is 26.6 Å². The zero-order chi connectivity index (χ0) is 11.3. The van der Waals surface area contributed by atoms with E-state index >= 15 is 0 Å². The monoisotopic (exact) mass is 228 g/mol. The van der Waals surface area contributed by atoms with Crippen molar-refractivity contribution in [1.82, 2.24) is 14.7 Å². The Kier molecular flexibility index (Phi) is 4.98. The summed E-state index contributed by atoms with van der Waals surface area (Å²) in [7, 11) is 0. The summed E-state index contributed by atoms with van der Waals surface area (Å²) in [6.45, 7) is 11.4. The third-order valence-electron chi connectivity index (χ3n) is 2.10. The van der Waals surface area contributed by atoms with Gasteiger partial charge in [-0.05, 0) is 13.8 Å². The summed E-state index contributed by atoms with van der Waals surface area (Å²) in [5.74, 6) is 0.866. The molecule has 1 aromatic rings. The Morgan fingerprint density at radius 2 is 2.20 bits per heavy atom. The molecule has 0 aliphatic carbocycles. The molecular weight excluding hydrogens is 208 g/mol. The number of aromatic nitrogens is 2. The summed E-state index contributed by atoms with van der Waals surface area (Å²) < 4.78 is 4.20. The third kappa shape index (κ3) is 4.13. The first-order valence-corrected chi connectivity index (χ1v) is 6.19. The maximum absolute atomic E-state index is 4.39. The van der Waals surface area contributed by atoms with E-state index in [0.717, 1.165) is 30.6 Å². The van der Waals surface area contributed by atoms with Crippen molar-refractivity contribution < 1.29 is 0 Å². The van der Waals surface area contributed by atoms with E-state index in [2.05, 4.69) is 40.3 Å². The molecule has 0 aliphatic heterocycles.